The number of rotatable bonds is 4. The summed E-state index contributed by atoms with van der Waals surface area (Å²) in [4.78, 5) is 27.3. The summed E-state index contributed by atoms with van der Waals surface area (Å²) in [5.74, 6) is -0.106. The lowest BCUT2D eigenvalue weighted by Crippen LogP contribution is -2.39. The molecular weight excluding hydrogens is 434 g/mol. The highest BCUT2D eigenvalue weighted by molar-refractivity contribution is 7.89. The van der Waals surface area contributed by atoms with Gasteiger partial charge in [0, 0.05) is 26.2 Å². The van der Waals surface area contributed by atoms with Crippen molar-refractivity contribution in [2.24, 2.45) is 0 Å². The minimum Gasteiger partial charge on any atom is -0.336 e. The molecule has 31 heavy (non-hydrogen) atoms. The molecular formula is C22H23N3O4S2. The first-order valence-corrected chi connectivity index (χ1v) is 12.7. The summed E-state index contributed by atoms with van der Waals surface area (Å²) in [6.45, 7) is 2.20. The second kappa shape index (κ2) is 7.89. The topological polar surface area (TPSA) is 79.7 Å². The molecule has 0 aliphatic carbocycles. The fourth-order valence-electron chi connectivity index (χ4n) is 4.38. The van der Waals surface area contributed by atoms with Crippen molar-refractivity contribution < 1.29 is 13.2 Å². The maximum Gasteiger partial charge on any atom is 0.308 e. The molecule has 0 spiro atoms. The predicted octanol–water partition coefficient (Wildman–Crippen LogP) is 2.43. The van der Waals surface area contributed by atoms with E-state index in [0.717, 1.165) is 36.2 Å². The molecule has 5 rings (SSSR count). The first-order chi connectivity index (χ1) is 14.9. The van der Waals surface area contributed by atoms with E-state index in [1.54, 1.807) is 23.1 Å². The number of sulfonamides is 1. The van der Waals surface area contributed by atoms with E-state index >= 15 is 0 Å². The Bertz CT molecular complexity index is 1320. The third kappa shape index (κ3) is 3.71. The molecule has 7 nitrogen and oxygen atoms in total. The molecule has 0 radical (unpaired) electrons. The Morgan fingerprint density at radius 2 is 1.74 bits per heavy atom. The number of carbonyl (C=O) groups is 1. The first kappa shape index (κ1) is 20.4. The van der Waals surface area contributed by atoms with Crippen LogP contribution in [0.4, 0.5) is 0 Å². The Morgan fingerprint density at radius 1 is 1.00 bits per heavy atom. The van der Waals surface area contributed by atoms with E-state index in [1.807, 2.05) is 18.2 Å². The second-order valence-electron chi connectivity index (χ2n) is 8.03. The van der Waals surface area contributed by atoms with Crippen LogP contribution >= 0.6 is 11.3 Å². The van der Waals surface area contributed by atoms with Crippen molar-refractivity contribution >= 4 is 37.5 Å². The minimum atomic E-state index is -3.55. The van der Waals surface area contributed by atoms with Gasteiger partial charge in [0.15, 0.2) is 0 Å². The first-order valence-electron chi connectivity index (χ1n) is 10.4. The van der Waals surface area contributed by atoms with Crippen LogP contribution < -0.4 is 4.87 Å². The van der Waals surface area contributed by atoms with Crippen molar-refractivity contribution in [2.75, 3.05) is 19.6 Å². The average molecular weight is 458 g/mol. The van der Waals surface area contributed by atoms with Crippen LogP contribution in [0.2, 0.25) is 0 Å². The van der Waals surface area contributed by atoms with Crippen LogP contribution in [-0.4, -0.2) is 47.7 Å². The van der Waals surface area contributed by atoms with E-state index in [0.29, 0.717) is 36.4 Å². The van der Waals surface area contributed by atoms with Crippen molar-refractivity contribution in [1.29, 1.82) is 0 Å². The molecule has 0 saturated carbocycles. The summed E-state index contributed by atoms with van der Waals surface area (Å²) < 4.78 is 29.2. The maximum atomic E-state index is 12.9. The summed E-state index contributed by atoms with van der Waals surface area (Å²) >= 11 is 0.982. The molecule has 1 fully saturated rings. The highest BCUT2D eigenvalue weighted by atomic mass is 32.2. The smallest absolute Gasteiger partial charge is 0.308 e. The number of nitrogens with zero attached hydrogens (tertiary/aromatic N) is 3. The molecule has 3 aromatic rings. The van der Waals surface area contributed by atoms with E-state index in [-0.39, 0.29) is 22.2 Å². The Hall–Kier alpha value is -2.49. The van der Waals surface area contributed by atoms with Gasteiger partial charge in [-0.25, -0.2) is 8.42 Å². The molecule has 162 valence electrons. The van der Waals surface area contributed by atoms with Crippen LogP contribution in [0.5, 0.6) is 0 Å². The molecule has 1 saturated heterocycles. The zero-order valence-corrected chi connectivity index (χ0v) is 18.6. The zero-order valence-electron chi connectivity index (χ0n) is 17.0. The largest absolute Gasteiger partial charge is 0.336 e. The zero-order chi connectivity index (χ0) is 21.6. The van der Waals surface area contributed by atoms with E-state index in [4.69, 9.17) is 0 Å². The third-order valence-corrected chi connectivity index (χ3v) is 8.96. The molecule has 9 heteroatoms. The van der Waals surface area contributed by atoms with Gasteiger partial charge in [0.05, 0.1) is 15.1 Å². The number of carbonyl (C=O) groups excluding carboxylic acids is 1. The number of amides is 1. The molecule has 0 bridgehead atoms. The van der Waals surface area contributed by atoms with Gasteiger partial charge >= 0.3 is 4.87 Å². The number of hydrogen-bond acceptors (Lipinski definition) is 5. The molecule has 2 aromatic carbocycles. The highest BCUT2D eigenvalue weighted by Gasteiger charge is 2.28. The Morgan fingerprint density at radius 3 is 2.52 bits per heavy atom. The van der Waals surface area contributed by atoms with E-state index in [9.17, 15) is 18.0 Å². The van der Waals surface area contributed by atoms with Gasteiger partial charge in [0.1, 0.15) is 6.54 Å². The van der Waals surface area contributed by atoms with Crippen LogP contribution in [0, 0.1) is 0 Å². The quantitative estimate of drug-likeness (QED) is 0.603. The van der Waals surface area contributed by atoms with Gasteiger partial charge in [-0.2, -0.15) is 4.31 Å². The molecule has 1 aromatic heterocycles. The van der Waals surface area contributed by atoms with Gasteiger partial charge in [-0.05, 0) is 48.6 Å². The number of thiazole rings is 1. The molecule has 0 atom stereocenters. The van der Waals surface area contributed by atoms with Crippen molar-refractivity contribution in [3.8, 4) is 0 Å². The SMILES string of the molecule is O=C(Cn1c(=O)sc2cc(S(=O)(=O)N3CCCC3)ccc21)N1CCc2ccccc2C1. The van der Waals surface area contributed by atoms with Gasteiger partial charge in [0.2, 0.25) is 15.9 Å². The minimum absolute atomic E-state index is 0.0424. The van der Waals surface area contributed by atoms with Gasteiger partial charge in [-0.3, -0.25) is 14.2 Å². The fraction of sp³-hybridized carbons (Fsp3) is 0.364. The Labute approximate surface area is 184 Å². The molecule has 2 aliphatic rings. The van der Waals surface area contributed by atoms with Crippen LogP contribution in [0.3, 0.4) is 0 Å². The summed E-state index contributed by atoms with van der Waals surface area (Å²) in [5.41, 5.74) is 3.00. The lowest BCUT2D eigenvalue weighted by atomic mass is 10.00. The Balaban J connectivity index is 1.40. The van der Waals surface area contributed by atoms with Gasteiger partial charge < -0.3 is 4.90 Å². The van der Waals surface area contributed by atoms with Crippen molar-refractivity contribution in [2.45, 2.75) is 37.2 Å². The summed E-state index contributed by atoms with van der Waals surface area (Å²) in [5, 5.41) is 0. The fourth-order valence-corrected chi connectivity index (χ4v) is 6.93. The summed E-state index contributed by atoms with van der Waals surface area (Å²) in [6, 6.07) is 12.8. The lowest BCUT2D eigenvalue weighted by molar-refractivity contribution is -0.132. The monoisotopic (exact) mass is 457 g/mol. The average Bonchev–Trinajstić information content (AvgIpc) is 3.42. The Kier molecular flexibility index (Phi) is 5.19. The van der Waals surface area contributed by atoms with Crippen molar-refractivity contribution in [1.82, 2.24) is 13.8 Å². The maximum absolute atomic E-state index is 12.9. The standard InChI is InChI=1S/C22H23N3O4S2/c26-21(23-12-9-16-5-1-2-6-17(16)14-23)15-25-19-8-7-18(13-20(19)30-22(25)27)31(28,29)24-10-3-4-11-24/h1-2,5-8,13H,3-4,9-12,14-15H2. The van der Waals surface area contributed by atoms with Crippen LogP contribution in [0.1, 0.15) is 24.0 Å². The number of hydrogen-bond donors (Lipinski definition) is 0. The van der Waals surface area contributed by atoms with E-state index in [1.165, 1.54) is 14.4 Å². The number of benzene rings is 2. The predicted molar refractivity (Wildman–Crippen MR) is 120 cm³/mol. The van der Waals surface area contributed by atoms with Crippen LogP contribution in [-0.2, 0) is 34.3 Å². The van der Waals surface area contributed by atoms with Gasteiger partial charge in [0.25, 0.3) is 0 Å². The summed E-state index contributed by atoms with van der Waals surface area (Å²) in [6.07, 6.45) is 2.54. The van der Waals surface area contributed by atoms with E-state index < -0.39 is 10.0 Å². The van der Waals surface area contributed by atoms with Gasteiger partial charge in [-0.15, -0.1) is 0 Å². The van der Waals surface area contributed by atoms with Crippen LogP contribution in [0.15, 0.2) is 52.2 Å². The molecule has 1 amide bonds. The number of fused-ring (bicyclic) bond motifs is 2. The lowest BCUT2D eigenvalue weighted by Gasteiger charge is -2.29. The molecule has 0 N–H and O–H groups in total. The number of aromatic nitrogens is 1. The molecule has 0 unspecified atom stereocenters. The third-order valence-electron chi connectivity index (χ3n) is 6.12. The summed E-state index contributed by atoms with van der Waals surface area (Å²) in [7, 11) is -3.55. The second-order valence-corrected chi connectivity index (χ2v) is 11.0. The normalized spacial score (nSPS) is 17.2. The molecule has 3 heterocycles. The van der Waals surface area contributed by atoms with Crippen LogP contribution in [0.25, 0.3) is 10.2 Å². The van der Waals surface area contributed by atoms with Gasteiger partial charge in [-0.1, -0.05) is 35.6 Å². The highest BCUT2D eigenvalue weighted by Crippen LogP contribution is 2.26. The van der Waals surface area contributed by atoms with E-state index in [2.05, 4.69) is 6.07 Å². The molecule has 2 aliphatic heterocycles. The van der Waals surface area contributed by atoms with Crippen molar-refractivity contribution in [3.05, 3.63) is 63.3 Å². The van der Waals surface area contributed by atoms with Crippen molar-refractivity contribution in [3.63, 3.8) is 0 Å².